The molecule has 20 heavy (non-hydrogen) atoms. The summed E-state index contributed by atoms with van der Waals surface area (Å²) in [6, 6.07) is 5.36. The predicted molar refractivity (Wildman–Crippen MR) is 86.8 cm³/mol. The minimum atomic E-state index is -0.0912. The zero-order valence-corrected chi connectivity index (χ0v) is 14.3. The van der Waals surface area contributed by atoms with Crippen LogP contribution < -0.4 is 10.1 Å². The van der Waals surface area contributed by atoms with Crippen molar-refractivity contribution in [3.63, 3.8) is 0 Å². The molecule has 0 bridgehead atoms. The van der Waals surface area contributed by atoms with Crippen LogP contribution in [-0.4, -0.2) is 25.4 Å². The van der Waals surface area contributed by atoms with E-state index < -0.39 is 0 Å². The van der Waals surface area contributed by atoms with Gasteiger partial charge in [0.05, 0.1) is 12.7 Å². The van der Waals surface area contributed by atoms with Gasteiger partial charge in [-0.3, -0.25) is 4.79 Å². The summed E-state index contributed by atoms with van der Waals surface area (Å²) in [6.07, 6.45) is 3.10. The number of carbonyl (C=O) groups excluding carboxylic acids is 1. The summed E-state index contributed by atoms with van der Waals surface area (Å²) < 4.78 is 5.91. The van der Waals surface area contributed by atoms with Crippen LogP contribution in [0.15, 0.2) is 22.7 Å². The Bertz CT molecular complexity index is 434. The summed E-state index contributed by atoms with van der Waals surface area (Å²) in [6.45, 7) is 2.80. The molecule has 0 aromatic heterocycles. The summed E-state index contributed by atoms with van der Waals surface area (Å²) in [5, 5.41) is 2.98. The number of benzene rings is 1. The molecule has 1 atom stereocenters. The molecule has 0 aliphatic rings. The molecule has 1 amide bonds. The Balaban J connectivity index is 2.65. The first-order chi connectivity index (χ1) is 9.62. The smallest absolute Gasteiger partial charge is 0.252 e. The van der Waals surface area contributed by atoms with Gasteiger partial charge in [-0.25, -0.2) is 0 Å². The van der Waals surface area contributed by atoms with E-state index in [1.807, 2.05) is 12.1 Å². The number of halogens is 2. The molecule has 0 aliphatic heterocycles. The number of hydrogen-bond donors (Lipinski definition) is 1. The first-order valence-electron chi connectivity index (χ1n) is 6.80. The molecular formula is C15H21BrClNO2. The Labute approximate surface area is 134 Å². The summed E-state index contributed by atoms with van der Waals surface area (Å²) >= 11 is 9.18. The molecule has 0 radical (unpaired) electrons. The maximum atomic E-state index is 12.2. The molecule has 0 heterocycles. The van der Waals surface area contributed by atoms with Crippen molar-refractivity contribution in [3.05, 3.63) is 28.2 Å². The maximum absolute atomic E-state index is 12.2. The second kappa shape index (κ2) is 9.24. The van der Waals surface area contributed by atoms with Crippen LogP contribution in [0.5, 0.6) is 5.75 Å². The van der Waals surface area contributed by atoms with E-state index >= 15 is 0 Å². The monoisotopic (exact) mass is 361 g/mol. The molecule has 0 saturated heterocycles. The molecule has 1 N–H and O–H groups in total. The second-order valence-corrected chi connectivity index (χ2v) is 5.92. The van der Waals surface area contributed by atoms with Gasteiger partial charge in [0, 0.05) is 16.9 Å². The third kappa shape index (κ3) is 5.33. The van der Waals surface area contributed by atoms with Crippen LogP contribution in [0, 0.1) is 5.92 Å². The molecule has 0 aliphatic carbocycles. The third-order valence-electron chi connectivity index (χ3n) is 3.18. The largest absolute Gasteiger partial charge is 0.497 e. The van der Waals surface area contributed by atoms with Crippen LogP contribution in [-0.2, 0) is 0 Å². The summed E-state index contributed by atoms with van der Waals surface area (Å²) in [4.78, 5) is 12.2. The van der Waals surface area contributed by atoms with Crippen molar-refractivity contribution < 1.29 is 9.53 Å². The average Bonchev–Trinajstić information content (AvgIpc) is 2.45. The Morgan fingerprint density at radius 2 is 2.20 bits per heavy atom. The molecule has 0 saturated carbocycles. The first kappa shape index (κ1) is 17.3. The second-order valence-electron chi connectivity index (χ2n) is 4.69. The lowest BCUT2D eigenvalue weighted by Crippen LogP contribution is -2.29. The average molecular weight is 363 g/mol. The molecule has 1 unspecified atom stereocenters. The molecule has 3 nitrogen and oxygen atoms in total. The van der Waals surface area contributed by atoms with Gasteiger partial charge in [0.2, 0.25) is 0 Å². The fourth-order valence-corrected chi connectivity index (χ4v) is 2.78. The number of ether oxygens (including phenoxy) is 1. The molecule has 112 valence electrons. The zero-order chi connectivity index (χ0) is 15.0. The van der Waals surface area contributed by atoms with Crippen molar-refractivity contribution in [2.45, 2.75) is 26.2 Å². The summed E-state index contributed by atoms with van der Waals surface area (Å²) in [5.74, 6) is 1.64. The fraction of sp³-hybridized carbons (Fsp3) is 0.533. The van der Waals surface area contributed by atoms with E-state index in [9.17, 15) is 4.79 Å². The zero-order valence-electron chi connectivity index (χ0n) is 11.9. The molecule has 1 aromatic carbocycles. The van der Waals surface area contributed by atoms with E-state index in [0.29, 0.717) is 29.7 Å². The summed E-state index contributed by atoms with van der Waals surface area (Å²) in [5.41, 5.74) is 0.588. The number of amides is 1. The van der Waals surface area contributed by atoms with Crippen LogP contribution in [0.1, 0.15) is 36.5 Å². The van der Waals surface area contributed by atoms with E-state index in [0.717, 1.165) is 23.7 Å². The topological polar surface area (TPSA) is 38.3 Å². The lowest BCUT2D eigenvalue weighted by atomic mass is 10.0. The highest BCUT2D eigenvalue weighted by Gasteiger charge is 2.14. The van der Waals surface area contributed by atoms with Crippen molar-refractivity contribution in [1.29, 1.82) is 0 Å². The van der Waals surface area contributed by atoms with Gasteiger partial charge in [0.1, 0.15) is 5.75 Å². The van der Waals surface area contributed by atoms with Gasteiger partial charge >= 0.3 is 0 Å². The van der Waals surface area contributed by atoms with Crippen molar-refractivity contribution in [3.8, 4) is 5.75 Å². The fourth-order valence-electron chi connectivity index (χ4n) is 2.05. The molecule has 0 spiro atoms. The quantitative estimate of drug-likeness (QED) is 0.703. The van der Waals surface area contributed by atoms with Gasteiger partial charge in [-0.15, -0.1) is 11.6 Å². The Kier molecular flexibility index (Phi) is 8.00. The van der Waals surface area contributed by atoms with E-state index in [2.05, 4.69) is 28.2 Å². The summed E-state index contributed by atoms with van der Waals surface area (Å²) in [7, 11) is 1.59. The standard InChI is InChI=1S/C15H21BrClNO2/c1-3-4-11(7-8-17)10-18-15(19)13-9-12(20-2)5-6-14(13)16/h5-6,9,11H,3-4,7-8,10H2,1-2H3,(H,18,19). The van der Waals surface area contributed by atoms with Gasteiger partial charge in [0.25, 0.3) is 5.91 Å². The SMILES string of the molecule is CCCC(CCCl)CNC(=O)c1cc(OC)ccc1Br. The number of alkyl halides is 1. The van der Waals surface area contributed by atoms with Crippen molar-refractivity contribution in [2.75, 3.05) is 19.5 Å². The molecule has 0 fully saturated rings. The molecule has 1 aromatic rings. The van der Waals surface area contributed by atoms with E-state index in [1.54, 1.807) is 13.2 Å². The van der Waals surface area contributed by atoms with Crippen molar-refractivity contribution >= 4 is 33.4 Å². The Hall–Kier alpha value is -0.740. The number of hydrogen-bond acceptors (Lipinski definition) is 2. The highest BCUT2D eigenvalue weighted by atomic mass is 79.9. The highest BCUT2D eigenvalue weighted by molar-refractivity contribution is 9.10. The molecule has 1 rings (SSSR count). The molecular weight excluding hydrogens is 342 g/mol. The first-order valence-corrected chi connectivity index (χ1v) is 8.12. The van der Waals surface area contributed by atoms with Crippen molar-refractivity contribution in [2.24, 2.45) is 5.92 Å². The maximum Gasteiger partial charge on any atom is 0.252 e. The number of nitrogens with one attached hydrogen (secondary N) is 1. The van der Waals surface area contributed by atoms with Crippen LogP contribution >= 0.6 is 27.5 Å². The van der Waals surface area contributed by atoms with Gasteiger partial charge < -0.3 is 10.1 Å². The van der Waals surface area contributed by atoms with Gasteiger partial charge in [0.15, 0.2) is 0 Å². The van der Waals surface area contributed by atoms with Crippen molar-refractivity contribution in [1.82, 2.24) is 5.32 Å². The third-order valence-corrected chi connectivity index (χ3v) is 4.09. The normalized spacial score (nSPS) is 12.0. The predicted octanol–water partition coefficient (Wildman–Crippen LogP) is 4.23. The highest BCUT2D eigenvalue weighted by Crippen LogP contribution is 2.22. The number of methoxy groups -OCH3 is 1. The van der Waals surface area contributed by atoms with Gasteiger partial charge in [-0.1, -0.05) is 13.3 Å². The Morgan fingerprint density at radius 1 is 1.45 bits per heavy atom. The number of rotatable bonds is 8. The van der Waals surface area contributed by atoms with Crippen LogP contribution in [0.4, 0.5) is 0 Å². The lowest BCUT2D eigenvalue weighted by Gasteiger charge is -2.16. The van der Waals surface area contributed by atoms with Gasteiger partial charge in [-0.2, -0.15) is 0 Å². The van der Waals surface area contributed by atoms with Crippen LogP contribution in [0.2, 0.25) is 0 Å². The van der Waals surface area contributed by atoms with E-state index in [1.165, 1.54) is 0 Å². The van der Waals surface area contributed by atoms with E-state index in [-0.39, 0.29) is 5.91 Å². The van der Waals surface area contributed by atoms with E-state index in [4.69, 9.17) is 16.3 Å². The minimum Gasteiger partial charge on any atom is -0.497 e. The number of carbonyl (C=O) groups is 1. The van der Waals surface area contributed by atoms with Gasteiger partial charge in [-0.05, 0) is 52.9 Å². The van der Waals surface area contributed by atoms with Crippen LogP contribution in [0.3, 0.4) is 0 Å². The Morgan fingerprint density at radius 3 is 2.80 bits per heavy atom. The minimum absolute atomic E-state index is 0.0912. The molecule has 5 heteroatoms. The van der Waals surface area contributed by atoms with Crippen LogP contribution in [0.25, 0.3) is 0 Å². The lowest BCUT2D eigenvalue weighted by molar-refractivity contribution is 0.0945.